The molecule has 3 aromatic heterocycles. The Hall–Kier alpha value is -6.71. The van der Waals surface area contributed by atoms with Gasteiger partial charge in [0.25, 0.3) is 5.91 Å². The van der Waals surface area contributed by atoms with Crippen molar-refractivity contribution in [3.8, 4) is 44.5 Å². The third kappa shape index (κ3) is 10.8. The number of anilines is 3. The number of nitrogen functional groups attached to an aromatic ring is 2. The van der Waals surface area contributed by atoms with Crippen LogP contribution in [-0.4, -0.2) is 79.1 Å². The molecule has 6 N–H and O–H groups in total. The molecular formula is C44H47F2N9O4. The van der Waals surface area contributed by atoms with Gasteiger partial charge in [-0.2, -0.15) is 0 Å². The fourth-order valence-electron chi connectivity index (χ4n) is 5.93. The smallest absolute Gasteiger partial charge is 0.254 e. The van der Waals surface area contributed by atoms with Crippen LogP contribution in [0.3, 0.4) is 0 Å². The molecule has 1 fully saturated rings. The first-order chi connectivity index (χ1) is 28.3. The monoisotopic (exact) mass is 803 g/mol. The van der Waals surface area contributed by atoms with Crippen LogP contribution in [0.15, 0.2) is 104 Å². The number of halogens is 2. The molecule has 7 rings (SSSR count). The predicted molar refractivity (Wildman–Crippen MR) is 225 cm³/mol. The van der Waals surface area contributed by atoms with E-state index in [4.69, 9.17) is 16.2 Å². The van der Waals surface area contributed by atoms with Crippen molar-refractivity contribution < 1.29 is 28.2 Å². The molecule has 1 saturated heterocycles. The van der Waals surface area contributed by atoms with E-state index in [2.05, 4.69) is 30.2 Å². The van der Waals surface area contributed by atoms with Gasteiger partial charge in [-0.25, -0.2) is 33.7 Å². The van der Waals surface area contributed by atoms with E-state index < -0.39 is 23.2 Å². The van der Waals surface area contributed by atoms with Crippen LogP contribution in [0.25, 0.3) is 44.5 Å². The molecule has 0 spiro atoms. The average Bonchev–Trinajstić information content (AvgIpc) is 3.25. The molecule has 1 aliphatic rings. The number of nitrogens with two attached hydrogens (primary N) is 2. The third-order valence-electron chi connectivity index (χ3n) is 9.03. The van der Waals surface area contributed by atoms with Gasteiger partial charge in [-0.1, -0.05) is 77.1 Å². The molecule has 0 bridgehead atoms. The molecule has 0 saturated carbocycles. The number of morpholine rings is 1. The fourth-order valence-corrected chi connectivity index (χ4v) is 5.93. The molecular weight excluding hydrogens is 757 g/mol. The standard InChI is InChI=1S/C22H21FN4O3.C20H20FN5O.C2H6/c23-20-9-14(5-6-18(20)15-10-25-22(24)26-11-15)17-3-1-2-4-19(17)21(29)27-7-8-30-16(12-27)13-28;1-20(2,3)18(27)26-17-15(5-4-8-23-17)12-6-7-14(16(21)9-12)13-10-24-19(22)25-11-13;1-2/h1-6,9-11,16,28H,7-8,12-13H2,(H2,24,25,26);4-11H,1-3H3,(H2,22,24,25)(H,23,26,27);1-2H3. The van der Waals surface area contributed by atoms with Gasteiger partial charge in [0.1, 0.15) is 17.5 Å². The van der Waals surface area contributed by atoms with Crippen LogP contribution < -0.4 is 16.8 Å². The van der Waals surface area contributed by atoms with Gasteiger partial charge in [0.2, 0.25) is 17.8 Å². The van der Waals surface area contributed by atoms with E-state index in [1.54, 1.807) is 65.7 Å². The van der Waals surface area contributed by atoms with Crippen molar-refractivity contribution in [1.29, 1.82) is 0 Å². The highest BCUT2D eigenvalue weighted by Gasteiger charge is 2.27. The normalized spacial score (nSPS) is 13.6. The van der Waals surface area contributed by atoms with Crippen LogP contribution in [-0.2, 0) is 9.53 Å². The number of amides is 2. The Bertz CT molecular complexity index is 2370. The maximum Gasteiger partial charge on any atom is 0.254 e. The van der Waals surface area contributed by atoms with E-state index >= 15 is 0 Å². The third-order valence-corrected chi connectivity index (χ3v) is 9.03. The van der Waals surface area contributed by atoms with Gasteiger partial charge in [-0.05, 0) is 47.0 Å². The van der Waals surface area contributed by atoms with E-state index in [0.29, 0.717) is 75.6 Å². The molecule has 6 aromatic rings. The molecule has 13 nitrogen and oxygen atoms in total. The molecule has 1 unspecified atom stereocenters. The number of hydrogen-bond donors (Lipinski definition) is 4. The van der Waals surface area contributed by atoms with Crippen molar-refractivity contribution in [2.24, 2.45) is 5.41 Å². The molecule has 1 aliphatic heterocycles. The summed E-state index contributed by atoms with van der Waals surface area (Å²) in [4.78, 5) is 46.9. The summed E-state index contributed by atoms with van der Waals surface area (Å²) in [5.74, 6) is -0.587. The van der Waals surface area contributed by atoms with Crippen molar-refractivity contribution in [2.45, 2.75) is 40.7 Å². The fraction of sp³-hybridized carbons (Fsp3) is 0.250. The molecule has 4 heterocycles. The predicted octanol–water partition coefficient (Wildman–Crippen LogP) is 7.30. The number of aliphatic hydroxyl groups is 1. The first-order valence-electron chi connectivity index (χ1n) is 18.9. The number of aromatic nitrogens is 5. The number of hydrogen-bond acceptors (Lipinski definition) is 11. The zero-order valence-electron chi connectivity index (χ0n) is 33.5. The Kier molecular flexibility index (Phi) is 14.4. The lowest BCUT2D eigenvalue weighted by atomic mass is 9.95. The second kappa shape index (κ2) is 19.6. The minimum absolute atomic E-state index is 0.120. The van der Waals surface area contributed by atoms with Crippen LogP contribution in [0.2, 0.25) is 0 Å². The van der Waals surface area contributed by atoms with Gasteiger partial charge in [0.15, 0.2) is 0 Å². The molecule has 2 amide bonds. The zero-order valence-corrected chi connectivity index (χ0v) is 33.5. The van der Waals surface area contributed by atoms with Crippen molar-refractivity contribution in [2.75, 3.05) is 43.1 Å². The number of benzene rings is 3. The SMILES string of the molecule is CC.CC(C)(C)C(=O)Nc1ncccc1-c1ccc(-c2cnc(N)nc2)c(F)c1.Nc1ncc(-c2ccc(-c3ccccc3C(=O)N3CCOC(CO)C3)cc2F)cn1. The van der Waals surface area contributed by atoms with E-state index in [0.717, 1.165) is 0 Å². The quantitative estimate of drug-likeness (QED) is 0.126. The van der Waals surface area contributed by atoms with Crippen LogP contribution >= 0.6 is 0 Å². The van der Waals surface area contributed by atoms with Crippen molar-refractivity contribution in [3.63, 3.8) is 0 Å². The van der Waals surface area contributed by atoms with Gasteiger partial charge in [-0.3, -0.25) is 9.59 Å². The molecule has 15 heteroatoms. The Labute approximate surface area is 341 Å². The second-order valence-electron chi connectivity index (χ2n) is 14.1. The van der Waals surface area contributed by atoms with Crippen LogP contribution in [0, 0.1) is 17.0 Å². The maximum atomic E-state index is 14.9. The van der Waals surface area contributed by atoms with Crippen molar-refractivity contribution in [1.82, 2.24) is 29.8 Å². The van der Waals surface area contributed by atoms with Crippen molar-refractivity contribution >= 4 is 29.5 Å². The van der Waals surface area contributed by atoms with Gasteiger partial charge in [0.05, 0.1) is 19.3 Å². The van der Waals surface area contributed by atoms with Gasteiger partial charge in [0, 0.05) is 82.9 Å². The zero-order chi connectivity index (χ0) is 42.7. The van der Waals surface area contributed by atoms with Crippen LogP contribution in [0.1, 0.15) is 45.0 Å². The summed E-state index contributed by atoms with van der Waals surface area (Å²) >= 11 is 0. The molecule has 306 valence electrons. The maximum absolute atomic E-state index is 14.9. The van der Waals surface area contributed by atoms with Crippen molar-refractivity contribution in [3.05, 3.63) is 121 Å². The summed E-state index contributed by atoms with van der Waals surface area (Å²) in [5.41, 5.74) is 15.1. The van der Waals surface area contributed by atoms with Gasteiger partial charge >= 0.3 is 0 Å². The van der Waals surface area contributed by atoms with E-state index in [1.807, 2.05) is 40.7 Å². The average molecular weight is 804 g/mol. The molecule has 1 atom stereocenters. The van der Waals surface area contributed by atoms with Crippen LogP contribution in [0.5, 0.6) is 0 Å². The minimum atomic E-state index is -0.570. The molecule has 59 heavy (non-hydrogen) atoms. The van der Waals surface area contributed by atoms with Gasteiger partial charge in [-0.15, -0.1) is 0 Å². The topological polar surface area (TPSA) is 195 Å². The number of nitrogens with zero attached hydrogens (tertiary/aromatic N) is 6. The summed E-state index contributed by atoms with van der Waals surface area (Å²) in [6.07, 6.45) is 7.06. The summed E-state index contributed by atoms with van der Waals surface area (Å²) < 4.78 is 35.0. The van der Waals surface area contributed by atoms with E-state index in [9.17, 15) is 23.5 Å². The highest BCUT2D eigenvalue weighted by atomic mass is 19.1. The summed E-state index contributed by atoms with van der Waals surface area (Å²) in [5, 5.41) is 12.2. The highest BCUT2D eigenvalue weighted by molar-refractivity contribution is 6.01. The number of nitrogens with one attached hydrogen (secondary N) is 1. The summed E-state index contributed by atoms with van der Waals surface area (Å²) in [6, 6.07) is 20.2. The number of rotatable bonds is 7. The number of ether oxygens (including phenoxy) is 1. The first-order valence-corrected chi connectivity index (χ1v) is 18.9. The summed E-state index contributed by atoms with van der Waals surface area (Å²) in [7, 11) is 0. The lowest BCUT2D eigenvalue weighted by Gasteiger charge is -2.32. The largest absolute Gasteiger partial charge is 0.394 e. The lowest BCUT2D eigenvalue weighted by molar-refractivity contribution is -0.123. The van der Waals surface area contributed by atoms with Gasteiger partial charge < -0.3 is 31.5 Å². The number of carbonyl (C=O) groups is 2. The Morgan fingerprint density at radius 2 is 1.29 bits per heavy atom. The number of carbonyl (C=O) groups excluding carboxylic acids is 2. The Balaban J connectivity index is 0.000000216. The Morgan fingerprint density at radius 1 is 0.763 bits per heavy atom. The van der Waals surface area contributed by atoms with Crippen LogP contribution in [0.4, 0.5) is 26.5 Å². The molecule has 0 radical (unpaired) electrons. The van der Waals surface area contributed by atoms with E-state index in [1.165, 1.54) is 36.9 Å². The molecule has 0 aliphatic carbocycles. The molecule has 3 aromatic carbocycles. The lowest BCUT2D eigenvalue weighted by Crippen LogP contribution is -2.47. The number of pyridine rings is 1. The minimum Gasteiger partial charge on any atom is -0.394 e. The number of aliphatic hydroxyl groups excluding tert-OH is 1. The Morgan fingerprint density at radius 3 is 1.81 bits per heavy atom. The first kappa shape index (κ1) is 43.4. The second-order valence-corrected chi connectivity index (χ2v) is 14.1. The summed E-state index contributed by atoms with van der Waals surface area (Å²) in [6.45, 7) is 10.4. The highest BCUT2D eigenvalue weighted by Crippen LogP contribution is 2.33. The van der Waals surface area contributed by atoms with E-state index in [-0.39, 0.29) is 30.3 Å².